The lowest BCUT2D eigenvalue weighted by Gasteiger charge is -2.23. The maximum absolute atomic E-state index is 13.4. The first-order chi connectivity index (χ1) is 16.6. The van der Waals surface area contributed by atoms with Crippen molar-refractivity contribution in [3.8, 4) is 17.0 Å². The molecule has 0 radical (unpaired) electrons. The molecule has 1 saturated heterocycles. The quantitative estimate of drug-likeness (QED) is 0.412. The first-order valence-electron chi connectivity index (χ1n) is 12.0. The topological polar surface area (TPSA) is 82.2 Å². The fourth-order valence-corrected chi connectivity index (χ4v) is 4.90. The van der Waals surface area contributed by atoms with E-state index in [-0.39, 0.29) is 24.3 Å². The number of piperidine rings is 1. The normalized spacial score (nSPS) is 17.3. The smallest absolute Gasteiger partial charge is 0.147 e. The van der Waals surface area contributed by atoms with Gasteiger partial charge >= 0.3 is 0 Å². The summed E-state index contributed by atoms with van der Waals surface area (Å²) in [6.45, 7) is 5.99. The Hall–Kier alpha value is -3.04. The summed E-state index contributed by atoms with van der Waals surface area (Å²) in [7, 11) is 0. The third kappa shape index (κ3) is 4.50. The maximum atomic E-state index is 13.4. The minimum atomic E-state index is -0.362. The number of nitrogens with zero attached hydrogens (tertiary/aromatic N) is 6. The van der Waals surface area contributed by atoms with Gasteiger partial charge in [0.25, 0.3) is 0 Å². The van der Waals surface area contributed by atoms with E-state index in [1.165, 1.54) is 30.7 Å². The molecule has 1 aliphatic carbocycles. The lowest BCUT2D eigenvalue weighted by molar-refractivity contribution is 0.223. The van der Waals surface area contributed by atoms with Gasteiger partial charge in [-0.25, -0.2) is 13.6 Å². The number of rotatable bonds is 6. The Balaban J connectivity index is 0.00000253. The summed E-state index contributed by atoms with van der Waals surface area (Å²) in [6.07, 6.45) is 9.25. The zero-order valence-corrected chi connectivity index (χ0v) is 20.6. The van der Waals surface area contributed by atoms with E-state index in [1.54, 1.807) is 6.07 Å². The predicted molar refractivity (Wildman–Crippen MR) is 133 cm³/mol. The Morgan fingerprint density at radius 2 is 1.94 bits per heavy atom. The zero-order valence-electron chi connectivity index (χ0n) is 19.8. The van der Waals surface area contributed by atoms with Crippen molar-refractivity contribution >= 4 is 17.9 Å². The van der Waals surface area contributed by atoms with Crippen molar-refractivity contribution < 1.29 is 9.13 Å². The highest BCUT2D eigenvalue weighted by atomic mass is 35.5. The minimum Gasteiger partial charge on any atom is -0.482 e. The first-order valence-corrected chi connectivity index (χ1v) is 12.0. The molecule has 35 heavy (non-hydrogen) atoms. The molecule has 4 aromatic rings. The third-order valence-corrected chi connectivity index (χ3v) is 6.95. The number of halogens is 2. The van der Waals surface area contributed by atoms with Crippen molar-refractivity contribution in [2.24, 2.45) is 0 Å². The first kappa shape index (κ1) is 23.7. The van der Waals surface area contributed by atoms with Crippen molar-refractivity contribution in [2.45, 2.75) is 57.6 Å². The average molecular weight is 498 g/mol. The number of hydrogen-bond donors (Lipinski definition) is 1. The van der Waals surface area contributed by atoms with Crippen LogP contribution in [0.5, 0.6) is 5.75 Å². The van der Waals surface area contributed by atoms with E-state index < -0.39 is 0 Å². The second-order valence-corrected chi connectivity index (χ2v) is 9.37. The Kier molecular flexibility index (Phi) is 6.46. The monoisotopic (exact) mass is 497 g/mol. The van der Waals surface area contributed by atoms with Crippen molar-refractivity contribution in [3.05, 3.63) is 59.6 Å². The van der Waals surface area contributed by atoms with Crippen molar-refractivity contribution in [3.63, 3.8) is 0 Å². The standard InChI is InChI=1S/C25H28FN7O.ClH/c1-15-24(30-31-33(15)20-7-9-27-10-8-20)18-11-23(34-16(2)22-6-5-19(26)12-28-22)25-21(17-3-4-17)13-29-32(25)14-18;/h5-6,11-14,16-17,20,27H,3-4,7-10H2,1-2H3;1H/t16-;/m1./s1. The summed E-state index contributed by atoms with van der Waals surface area (Å²) in [5.41, 5.74) is 5.64. The number of hydrogen-bond acceptors (Lipinski definition) is 6. The Morgan fingerprint density at radius 1 is 1.14 bits per heavy atom. The van der Waals surface area contributed by atoms with Gasteiger partial charge in [-0.2, -0.15) is 5.10 Å². The molecule has 1 N–H and O–H groups in total. The molecular formula is C25H29ClFN7O. The van der Waals surface area contributed by atoms with Crippen LogP contribution in [0.15, 0.2) is 36.8 Å². The van der Waals surface area contributed by atoms with Gasteiger partial charge in [0.15, 0.2) is 0 Å². The summed E-state index contributed by atoms with van der Waals surface area (Å²) < 4.78 is 23.8. The van der Waals surface area contributed by atoms with E-state index in [0.29, 0.717) is 17.7 Å². The second kappa shape index (κ2) is 9.54. The summed E-state index contributed by atoms with van der Waals surface area (Å²) in [6, 6.07) is 5.46. The molecule has 0 spiro atoms. The number of aromatic nitrogens is 6. The van der Waals surface area contributed by atoms with Crippen LogP contribution < -0.4 is 10.1 Å². The number of fused-ring (bicyclic) bond motifs is 1. The molecule has 2 aliphatic rings. The van der Waals surface area contributed by atoms with Gasteiger partial charge in [0.05, 0.1) is 29.8 Å². The lowest BCUT2D eigenvalue weighted by Crippen LogP contribution is -2.30. The maximum Gasteiger partial charge on any atom is 0.147 e. The summed E-state index contributed by atoms with van der Waals surface area (Å²) in [5, 5.41) is 17.1. The molecule has 0 amide bonds. The third-order valence-electron chi connectivity index (χ3n) is 6.95. The van der Waals surface area contributed by atoms with Crippen molar-refractivity contribution in [2.75, 3.05) is 13.1 Å². The van der Waals surface area contributed by atoms with Crippen LogP contribution in [-0.2, 0) is 0 Å². The highest BCUT2D eigenvalue weighted by molar-refractivity contribution is 5.85. The molecule has 0 bridgehead atoms. The van der Waals surface area contributed by atoms with E-state index in [0.717, 1.165) is 54.1 Å². The number of pyridine rings is 2. The van der Waals surface area contributed by atoms with Crippen LogP contribution in [0.2, 0.25) is 0 Å². The molecule has 4 aromatic heterocycles. The second-order valence-electron chi connectivity index (χ2n) is 9.37. The molecule has 8 nitrogen and oxygen atoms in total. The molecule has 10 heteroatoms. The van der Waals surface area contributed by atoms with Crippen LogP contribution >= 0.6 is 12.4 Å². The zero-order chi connectivity index (χ0) is 23.2. The molecule has 1 atom stereocenters. The number of ether oxygens (including phenoxy) is 1. The highest BCUT2D eigenvalue weighted by Crippen LogP contribution is 2.45. The van der Waals surface area contributed by atoms with Crippen LogP contribution in [-0.4, -0.2) is 42.7 Å². The van der Waals surface area contributed by atoms with Crippen LogP contribution in [0, 0.1) is 12.7 Å². The van der Waals surface area contributed by atoms with Crippen LogP contribution in [0.1, 0.15) is 67.6 Å². The van der Waals surface area contributed by atoms with Crippen molar-refractivity contribution in [1.29, 1.82) is 0 Å². The molecular weight excluding hydrogens is 469 g/mol. The fraction of sp³-hybridized carbons (Fsp3) is 0.440. The largest absolute Gasteiger partial charge is 0.482 e. The molecule has 0 unspecified atom stereocenters. The molecule has 0 aromatic carbocycles. The molecule has 5 heterocycles. The van der Waals surface area contributed by atoms with E-state index in [4.69, 9.17) is 4.74 Å². The van der Waals surface area contributed by atoms with E-state index in [1.807, 2.05) is 29.9 Å². The van der Waals surface area contributed by atoms with E-state index >= 15 is 0 Å². The van der Waals surface area contributed by atoms with Crippen LogP contribution in [0.3, 0.4) is 0 Å². The average Bonchev–Trinajstić information content (AvgIpc) is 3.49. The van der Waals surface area contributed by atoms with E-state index in [9.17, 15) is 4.39 Å². The molecule has 2 fully saturated rings. The summed E-state index contributed by atoms with van der Waals surface area (Å²) in [5.74, 6) is 0.887. The van der Waals surface area contributed by atoms with Gasteiger partial charge < -0.3 is 10.1 Å². The van der Waals surface area contributed by atoms with Gasteiger partial charge in [-0.05, 0) is 76.7 Å². The summed E-state index contributed by atoms with van der Waals surface area (Å²) >= 11 is 0. The molecule has 184 valence electrons. The van der Waals surface area contributed by atoms with E-state index in [2.05, 4.69) is 37.3 Å². The highest BCUT2D eigenvalue weighted by Gasteiger charge is 2.30. The fourth-order valence-electron chi connectivity index (χ4n) is 4.90. The molecule has 6 rings (SSSR count). The Labute approximate surface area is 209 Å². The SMILES string of the molecule is Cc1c(-c2cc(O[C@H](C)c3ccc(F)cn3)c3c(C4CC4)cnn3c2)nnn1C1CCNCC1.Cl. The van der Waals surface area contributed by atoms with Gasteiger partial charge in [0, 0.05) is 17.3 Å². The lowest BCUT2D eigenvalue weighted by atomic mass is 10.1. The molecule has 1 aliphatic heterocycles. The van der Waals surface area contributed by atoms with Crippen LogP contribution in [0.25, 0.3) is 16.8 Å². The van der Waals surface area contributed by atoms with Crippen molar-refractivity contribution in [1.82, 2.24) is 34.9 Å². The Morgan fingerprint density at radius 3 is 2.66 bits per heavy atom. The van der Waals surface area contributed by atoms with Gasteiger partial charge in [0.2, 0.25) is 0 Å². The minimum absolute atomic E-state index is 0. The van der Waals surface area contributed by atoms with Gasteiger partial charge in [-0.1, -0.05) is 5.21 Å². The predicted octanol–water partition coefficient (Wildman–Crippen LogP) is 4.80. The van der Waals surface area contributed by atoms with Gasteiger partial charge in [-0.15, -0.1) is 17.5 Å². The molecule has 1 saturated carbocycles. The van der Waals surface area contributed by atoms with Gasteiger partial charge in [-0.3, -0.25) is 4.98 Å². The summed E-state index contributed by atoms with van der Waals surface area (Å²) in [4.78, 5) is 4.21. The number of nitrogens with one attached hydrogen (secondary N) is 1. The Bertz CT molecular complexity index is 1330. The van der Waals surface area contributed by atoms with Gasteiger partial charge in [0.1, 0.15) is 28.9 Å². The van der Waals surface area contributed by atoms with Crippen LogP contribution in [0.4, 0.5) is 4.39 Å².